The van der Waals surface area contributed by atoms with Crippen LogP contribution in [0.4, 0.5) is 5.82 Å². The van der Waals surface area contributed by atoms with Gasteiger partial charge in [0.05, 0.1) is 11.1 Å². The largest absolute Gasteiger partial charge is 0.353 e. The van der Waals surface area contributed by atoms with Crippen molar-refractivity contribution in [3.63, 3.8) is 0 Å². The lowest BCUT2D eigenvalue weighted by atomic mass is 9.77. The summed E-state index contributed by atoms with van der Waals surface area (Å²) in [6.07, 6.45) is 7.39. The number of imidazole rings is 1. The molecule has 0 radical (unpaired) electrons. The van der Waals surface area contributed by atoms with Gasteiger partial charge in [0, 0.05) is 43.0 Å². The first-order chi connectivity index (χ1) is 16.0. The molecule has 5 rings (SSSR count). The first-order valence-electron chi connectivity index (χ1n) is 11.6. The Hall–Kier alpha value is -2.93. The molecule has 0 bridgehead atoms. The molecule has 2 aromatic heterocycles. The predicted octanol–water partition coefficient (Wildman–Crippen LogP) is 4.09. The summed E-state index contributed by atoms with van der Waals surface area (Å²) in [5, 5.41) is 0.707. The van der Waals surface area contributed by atoms with Crippen molar-refractivity contribution >= 4 is 23.3 Å². The maximum absolute atomic E-state index is 13.8. The van der Waals surface area contributed by atoms with Gasteiger partial charge in [-0.1, -0.05) is 36.6 Å². The molecule has 1 saturated heterocycles. The number of carbonyl (C=O) groups is 1. The molecule has 8 heteroatoms. The predicted molar refractivity (Wildman–Crippen MR) is 129 cm³/mol. The van der Waals surface area contributed by atoms with Gasteiger partial charge in [0.1, 0.15) is 24.3 Å². The van der Waals surface area contributed by atoms with Crippen molar-refractivity contribution in [3.8, 4) is 5.82 Å². The van der Waals surface area contributed by atoms with Gasteiger partial charge in [0.15, 0.2) is 0 Å². The van der Waals surface area contributed by atoms with Gasteiger partial charge in [-0.25, -0.2) is 15.0 Å². The van der Waals surface area contributed by atoms with E-state index in [1.54, 1.807) is 12.7 Å². The van der Waals surface area contributed by atoms with E-state index < -0.39 is 5.41 Å². The van der Waals surface area contributed by atoms with Crippen LogP contribution in [0.15, 0.2) is 43.0 Å². The van der Waals surface area contributed by atoms with Crippen molar-refractivity contribution in [2.75, 3.05) is 31.1 Å². The van der Waals surface area contributed by atoms with E-state index in [0.29, 0.717) is 18.1 Å². The lowest BCUT2D eigenvalue weighted by molar-refractivity contribution is -0.137. The number of hydrogen-bond donors (Lipinski definition) is 0. The molecule has 0 unspecified atom stereocenters. The molecule has 1 amide bonds. The fourth-order valence-corrected chi connectivity index (χ4v) is 5.31. The minimum atomic E-state index is -0.411. The Morgan fingerprint density at radius 1 is 0.939 bits per heavy atom. The zero-order chi connectivity index (χ0) is 23.0. The Balaban J connectivity index is 1.31. The number of benzene rings is 1. The van der Waals surface area contributed by atoms with E-state index in [1.807, 2.05) is 53.6 Å². The molecular weight excluding hydrogens is 436 g/mol. The highest BCUT2D eigenvalue weighted by Gasteiger charge is 2.45. The fourth-order valence-electron chi connectivity index (χ4n) is 5.19. The van der Waals surface area contributed by atoms with Crippen molar-refractivity contribution in [1.29, 1.82) is 0 Å². The van der Waals surface area contributed by atoms with Gasteiger partial charge in [-0.05, 0) is 44.4 Å². The molecule has 1 aliphatic heterocycles. The number of carbonyl (C=O) groups excluding carboxylic acids is 1. The average molecular weight is 465 g/mol. The number of rotatable bonds is 4. The zero-order valence-corrected chi connectivity index (χ0v) is 19.9. The second-order valence-corrected chi connectivity index (χ2v) is 9.53. The summed E-state index contributed by atoms with van der Waals surface area (Å²) in [7, 11) is 0. The van der Waals surface area contributed by atoms with E-state index in [4.69, 9.17) is 11.6 Å². The van der Waals surface area contributed by atoms with E-state index in [2.05, 4.69) is 19.9 Å². The van der Waals surface area contributed by atoms with Crippen LogP contribution in [-0.2, 0) is 10.2 Å². The first kappa shape index (κ1) is 21.9. The molecule has 0 atom stereocenters. The molecule has 172 valence electrons. The molecule has 1 aliphatic carbocycles. The zero-order valence-electron chi connectivity index (χ0n) is 19.2. The van der Waals surface area contributed by atoms with Crippen LogP contribution in [-0.4, -0.2) is 56.5 Å². The summed E-state index contributed by atoms with van der Waals surface area (Å²) in [4.78, 5) is 31.4. The van der Waals surface area contributed by atoms with Gasteiger partial charge in [-0.3, -0.25) is 9.36 Å². The Labute approximate surface area is 199 Å². The summed E-state index contributed by atoms with van der Waals surface area (Å²) in [5.74, 6) is 1.95. The fraction of sp³-hybridized carbons (Fsp3) is 0.440. The lowest BCUT2D eigenvalue weighted by Crippen LogP contribution is -2.54. The second kappa shape index (κ2) is 8.78. The highest BCUT2D eigenvalue weighted by atomic mass is 35.5. The maximum atomic E-state index is 13.8. The monoisotopic (exact) mass is 464 g/mol. The normalized spacial score (nSPS) is 18.0. The summed E-state index contributed by atoms with van der Waals surface area (Å²) in [6.45, 7) is 6.91. The van der Waals surface area contributed by atoms with E-state index >= 15 is 0 Å². The SMILES string of the molecule is Cc1ncn(-c2cc(N3CCN(C(=O)C4(c5ccc(Cl)cc5)CCCC4)CC3)ncn2)c1C. The standard InChI is InChI=1S/C25H29ClN6O/c1-18-19(2)32(17-29-18)23-15-22(27-16-28-23)30-11-13-31(14-12-30)24(33)25(9-3-4-10-25)20-5-7-21(26)8-6-20/h5-8,15-17H,3-4,9-14H2,1-2H3. The second-order valence-electron chi connectivity index (χ2n) is 9.10. The van der Waals surface area contributed by atoms with Crippen LogP contribution in [0.5, 0.6) is 0 Å². The number of piperazine rings is 1. The van der Waals surface area contributed by atoms with Gasteiger partial charge < -0.3 is 9.80 Å². The molecule has 7 nitrogen and oxygen atoms in total. The van der Waals surface area contributed by atoms with Gasteiger partial charge in [0.25, 0.3) is 0 Å². The number of aromatic nitrogens is 4. The Morgan fingerprint density at radius 2 is 1.61 bits per heavy atom. The van der Waals surface area contributed by atoms with Crippen molar-refractivity contribution in [1.82, 2.24) is 24.4 Å². The van der Waals surface area contributed by atoms with Crippen molar-refractivity contribution < 1.29 is 4.79 Å². The molecule has 0 spiro atoms. The highest BCUT2D eigenvalue weighted by Crippen LogP contribution is 2.43. The third-order valence-corrected chi connectivity index (χ3v) is 7.54. The number of aryl methyl sites for hydroxylation is 1. The Morgan fingerprint density at radius 3 is 2.24 bits per heavy atom. The van der Waals surface area contributed by atoms with E-state index in [9.17, 15) is 4.79 Å². The minimum Gasteiger partial charge on any atom is -0.353 e. The number of amides is 1. The molecule has 1 aromatic carbocycles. The van der Waals surface area contributed by atoms with Crippen molar-refractivity contribution in [3.05, 3.63) is 65.0 Å². The average Bonchev–Trinajstić information content (AvgIpc) is 3.47. The van der Waals surface area contributed by atoms with Gasteiger partial charge in [-0.15, -0.1) is 0 Å². The number of anilines is 1. The molecule has 2 aliphatic rings. The summed E-state index contributed by atoms with van der Waals surface area (Å²) in [5.41, 5.74) is 2.75. The minimum absolute atomic E-state index is 0.259. The van der Waals surface area contributed by atoms with Crippen LogP contribution in [0.25, 0.3) is 5.82 Å². The highest BCUT2D eigenvalue weighted by molar-refractivity contribution is 6.30. The van der Waals surface area contributed by atoms with Crippen LogP contribution in [0.1, 0.15) is 42.6 Å². The number of nitrogens with zero attached hydrogens (tertiary/aromatic N) is 6. The van der Waals surface area contributed by atoms with E-state index in [-0.39, 0.29) is 5.91 Å². The van der Waals surface area contributed by atoms with Crippen LogP contribution in [0, 0.1) is 13.8 Å². The summed E-state index contributed by atoms with van der Waals surface area (Å²) >= 11 is 6.11. The third kappa shape index (κ3) is 3.99. The Kier molecular flexibility index (Phi) is 5.83. The van der Waals surface area contributed by atoms with Crippen LogP contribution in [0.3, 0.4) is 0 Å². The lowest BCUT2D eigenvalue weighted by Gasteiger charge is -2.40. The van der Waals surface area contributed by atoms with Gasteiger partial charge in [-0.2, -0.15) is 0 Å². The number of halogens is 1. The van der Waals surface area contributed by atoms with E-state index in [1.165, 1.54) is 0 Å². The smallest absolute Gasteiger partial charge is 0.233 e. The molecule has 2 fully saturated rings. The Bertz CT molecular complexity index is 1140. The third-order valence-electron chi connectivity index (χ3n) is 7.29. The van der Waals surface area contributed by atoms with Gasteiger partial charge in [0.2, 0.25) is 5.91 Å². The summed E-state index contributed by atoms with van der Waals surface area (Å²) in [6, 6.07) is 9.86. The number of hydrogen-bond acceptors (Lipinski definition) is 5. The summed E-state index contributed by atoms with van der Waals surface area (Å²) < 4.78 is 1.98. The van der Waals surface area contributed by atoms with Crippen LogP contribution < -0.4 is 4.90 Å². The quantitative estimate of drug-likeness (QED) is 0.581. The topological polar surface area (TPSA) is 67.2 Å². The molecule has 3 aromatic rings. The molecule has 0 N–H and O–H groups in total. The van der Waals surface area contributed by atoms with Crippen LogP contribution in [0.2, 0.25) is 5.02 Å². The van der Waals surface area contributed by atoms with Crippen molar-refractivity contribution in [2.24, 2.45) is 0 Å². The van der Waals surface area contributed by atoms with Crippen LogP contribution >= 0.6 is 11.6 Å². The molecule has 1 saturated carbocycles. The van der Waals surface area contributed by atoms with E-state index in [0.717, 1.165) is 67.4 Å². The maximum Gasteiger partial charge on any atom is 0.233 e. The van der Waals surface area contributed by atoms with Gasteiger partial charge >= 0.3 is 0 Å². The molecule has 3 heterocycles. The molecular formula is C25H29ClN6O. The first-order valence-corrected chi connectivity index (χ1v) is 12.0. The molecule has 33 heavy (non-hydrogen) atoms. The van der Waals surface area contributed by atoms with Crippen molar-refractivity contribution in [2.45, 2.75) is 44.9 Å².